The number of nitrogens with one attached hydrogen (secondary N) is 1. The van der Waals surface area contributed by atoms with Gasteiger partial charge in [0.1, 0.15) is 0 Å². The van der Waals surface area contributed by atoms with Crippen molar-refractivity contribution in [3.8, 4) is 0 Å². The van der Waals surface area contributed by atoms with E-state index in [1.165, 1.54) is 11.5 Å². The van der Waals surface area contributed by atoms with E-state index in [0.717, 1.165) is 11.6 Å². The minimum absolute atomic E-state index is 0.199. The van der Waals surface area contributed by atoms with Crippen LogP contribution < -0.4 is 11.1 Å². The number of nitrogens with zero attached hydrogens (tertiary/aromatic N) is 3. The molecule has 6 nitrogen and oxygen atoms in total. The second-order valence-corrected chi connectivity index (χ2v) is 4.36. The Labute approximate surface area is 91.6 Å². The molecule has 1 amide bonds. The van der Waals surface area contributed by atoms with Gasteiger partial charge in [-0.1, -0.05) is 0 Å². The zero-order valence-corrected chi connectivity index (χ0v) is 9.25. The van der Waals surface area contributed by atoms with E-state index < -0.39 is 0 Å². The summed E-state index contributed by atoms with van der Waals surface area (Å²) in [4.78, 5) is 17.0. The molecule has 1 unspecified atom stereocenters. The first-order valence-electron chi connectivity index (χ1n) is 4.75. The summed E-state index contributed by atoms with van der Waals surface area (Å²) in [7, 11) is 1.81. The van der Waals surface area contributed by atoms with E-state index in [1.54, 1.807) is 4.90 Å². The molecule has 1 aliphatic rings. The van der Waals surface area contributed by atoms with Crippen molar-refractivity contribution in [1.29, 1.82) is 0 Å². The Hall–Kier alpha value is -1.37. The highest BCUT2D eigenvalue weighted by Crippen LogP contribution is 2.18. The van der Waals surface area contributed by atoms with Crippen molar-refractivity contribution in [2.75, 3.05) is 24.6 Å². The molecule has 2 rings (SSSR count). The highest BCUT2D eigenvalue weighted by atomic mass is 32.1. The molecule has 0 saturated carbocycles. The van der Waals surface area contributed by atoms with E-state index in [2.05, 4.69) is 14.7 Å². The van der Waals surface area contributed by atoms with Gasteiger partial charge in [0, 0.05) is 37.6 Å². The fourth-order valence-electron chi connectivity index (χ4n) is 1.60. The highest BCUT2D eigenvalue weighted by molar-refractivity contribution is 7.09. The lowest BCUT2D eigenvalue weighted by Gasteiger charge is -2.29. The molecule has 1 atom stereocenters. The zero-order valence-electron chi connectivity index (χ0n) is 8.43. The Kier molecular flexibility index (Phi) is 2.72. The number of hydrogen-bond acceptors (Lipinski definition) is 6. The molecule has 1 aromatic rings. The predicted molar refractivity (Wildman–Crippen MR) is 58.6 cm³/mol. The molecule has 0 aliphatic carbocycles. The van der Waals surface area contributed by atoms with Crippen LogP contribution >= 0.6 is 11.5 Å². The third-order valence-corrected chi connectivity index (χ3v) is 3.06. The van der Waals surface area contributed by atoms with Crippen LogP contribution in [0.2, 0.25) is 0 Å². The van der Waals surface area contributed by atoms with Crippen LogP contribution in [0.15, 0.2) is 0 Å². The van der Waals surface area contributed by atoms with E-state index in [9.17, 15) is 4.79 Å². The van der Waals surface area contributed by atoms with Gasteiger partial charge in [-0.15, -0.1) is 0 Å². The predicted octanol–water partition coefficient (Wildman–Crippen LogP) is 0.153. The number of likely N-dealkylation sites (N-methyl/N-ethyl adjacent to an activating group) is 1. The van der Waals surface area contributed by atoms with Crippen LogP contribution in [0.4, 0.5) is 11.1 Å². The molecule has 7 heteroatoms. The van der Waals surface area contributed by atoms with Crippen LogP contribution in [0.5, 0.6) is 0 Å². The summed E-state index contributed by atoms with van der Waals surface area (Å²) in [6.07, 6.45) is 1.42. The van der Waals surface area contributed by atoms with Crippen LogP contribution in [0.1, 0.15) is 12.8 Å². The van der Waals surface area contributed by atoms with Crippen molar-refractivity contribution in [2.24, 2.45) is 0 Å². The van der Waals surface area contributed by atoms with Crippen molar-refractivity contribution in [1.82, 2.24) is 14.3 Å². The molecule has 82 valence electrons. The van der Waals surface area contributed by atoms with E-state index in [1.807, 2.05) is 7.05 Å². The van der Waals surface area contributed by atoms with Crippen LogP contribution in [0.25, 0.3) is 0 Å². The number of carbonyl (C=O) groups is 1. The molecule has 1 aromatic heterocycles. The van der Waals surface area contributed by atoms with E-state index in [0.29, 0.717) is 18.9 Å². The molecule has 1 fully saturated rings. The molecule has 1 aliphatic heterocycles. The first-order chi connectivity index (χ1) is 7.15. The van der Waals surface area contributed by atoms with Crippen molar-refractivity contribution >= 4 is 28.5 Å². The Morgan fingerprint density at radius 1 is 1.67 bits per heavy atom. The van der Waals surface area contributed by atoms with Crippen LogP contribution in [0, 0.1) is 0 Å². The van der Waals surface area contributed by atoms with Gasteiger partial charge in [0.25, 0.3) is 0 Å². The first kappa shape index (κ1) is 10.2. The minimum atomic E-state index is 0.199. The van der Waals surface area contributed by atoms with Crippen molar-refractivity contribution < 1.29 is 4.79 Å². The number of anilines is 2. The van der Waals surface area contributed by atoms with E-state index >= 15 is 0 Å². The molecule has 0 spiro atoms. The van der Waals surface area contributed by atoms with Crippen LogP contribution in [-0.4, -0.2) is 39.8 Å². The van der Waals surface area contributed by atoms with Crippen molar-refractivity contribution in [3.05, 3.63) is 0 Å². The normalized spacial score (nSPS) is 21.8. The van der Waals surface area contributed by atoms with Gasteiger partial charge in [-0.25, -0.2) is 0 Å². The maximum Gasteiger partial charge on any atom is 0.233 e. The molecule has 1 saturated heterocycles. The fraction of sp³-hybridized carbons (Fsp3) is 0.625. The molecule has 0 radical (unpaired) electrons. The molecule has 0 bridgehead atoms. The first-order valence-corrected chi connectivity index (χ1v) is 5.52. The summed E-state index contributed by atoms with van der Waals surface area (Å²) in [5, 5.41) is 3.95. The van der Waals surface area contributed by atoms with Gasteiger partial charge in [-0.3, -0.25) is 4.79 Å². The zero-order chi connectivity index (χ0) is 10.8. The number of nitrogen functional groups attached to an aromatic ring is 1. The van der Waals surface area contributed by atoms with Gasteiger partial charge in [-0.05, 0) is 6.42 Å². The maximum atomic E-state index is 11.2. The third kappa shape index (κ3) is 2.35. The fourth-order valence-corrected chi connectivity index (χ4v) is 2.17. The van der Waals surface area contributed by atoms with Gasteiger partial charge in [0.2, 0.25) is 17.0 Å². The monoisotopic (exact) mass is 227 g/mol. The standard InChI is InChI=1S/C8H13N5OS/c1-13-4-5(2-3-6(13)14)10-8-11-7(9)12-15-8/h5H,2-4H2,1H3,(H3,9,10,11,12). The van der Waals surface area contributed by atoms with E-state index in [-0.39, 0.29) is 11.9 Å². The van der Waals surface area contributed by atoms with Gasteiger partial charge in [0.05, 0.1) is 0 Å². The summed E-state index contributed by atoms with van der Waals surface area (Å²) in [6, 6.07) is 0.250. The largest absolute Gasteiger partial charge is 0.367 e. The lowest BCUT2D eigenvalue weighted by molar-refractivity contribution is -0.132. The number of carbonyl (C=O) groups excluding carboxylic acids is 1. The lowest BCUT2D eigenvalue weighted by Crippen LogP contribution is -2.43. The molecule has 2 heterocycles. The smallest absolute Gasteiger partial charge is 0.233 e. The summed E-state index contributed by atoms with van der Waals surface area (Å²) in [6.45, 7) is 0.707. The van der Waals surface area contributed by atoms with Gasteiger partial charge in [-0.2, -0.15) is 9.36 Å². The molecular formula is C8H13N5OS. The Balaban J connectivity index is 1.93. The SMILES string of the molecule is CN1CC(Nc2nc(N)ns2)CCC1=O. The quantitative estimate of drug-likeness (QED) is 0.751. The number of nitrogens with two attached hydrogens (primary N) is 1. The number of hydrogen-bond donors (Lipinski definition) is 2. The maximum absolute atomic E-state index is 11.2. The molecular weight excluding hydrogens is 214 g/mol. The molecule has 3 N–H and O–H groups in total. The average Bonchev–Trinajstić information content (AvgIpc) is 2.58. The van der Waals surface area contributed by atoms with Gasteiger partial charge < -0.3 is 16.0 Å². The highest BCUT2D eigenvalue weighted by Gasteiger charge is 2.23. The summed E-state index contributed by atoms with van der Waals surface area (Å²) < 4.78 is 3.88. The molecule has 0 aromatic carbocycles. The molecule has 15 heavy (non-hydrogen) atoms. The van der Waals surface area contributed by atoms with Crippen molar-refractivity contribution in [3.63, 3.8) is 0 Å². The Bertz CT molecular complexity index is 366. The topological polar surface area (TPSA) is 84.1 Å². The Morgan fingerprint density at radius 3 is 3.07 bits per heavy atom. The third-order valence-electron chi connectivity index (χ3n) is 2.40. The van der Waals surface area contributed by atoms with Crippen molar-refractivity contribution in [2.45, 2.75) is 18.9 Å². The summed E-state index contributed by atoms with van der Waals surface area (Å²) >= 11 is 1.24. The van der Waals surface area contributed by atoms with Crippen LogP contribution in [-0.2, 0) is 4.79 Å². The summed E-state index contributed by atoms with van der Waals surface area (Å²) in [5.74, 6) is 0.493. The number of piperidine rings is 1. The Morgan fingerprint density at radius 2 is 2.47 bits per heavy atom. The number of likely N-dealkylation sites (tertiary alicyclic amines) is 1. The number of rotatable bonds is 2. The average molecular weight is 227 g/mol. The van der Waals surface area contributed by atoms with Gasteiger partial charge >= 0.3 is 0 Å². The summed E-state index contributed by atoms with van der Waals surface area (Å²) in [5.41, 5.74) is 5.42. The minimum Gasteiger partial charge on any atom is -0.367 e. The van der Waals surface area contributed by atoms with E-state index in [4.69, 9.17) is 5.73 Å². The van der Waals surface area contributed by atoms with Crippen LogP contribution in [0.3, 0.4) is 0 Å². The second-order valence-electron chi connectivity index (χ2n) is 3.61. The van der Waals surface area contributed by atoms with Gasteiger partial charge in [0.15, 0.2) is 0 Å². The number of amides is 1. The number of aromatic nitrogens is 2. The second kappa shape index (κ2) is 4.01. The lowest BCUT2D eigenvalue weighted by atomic mass is 10.1.